The summed E-state index contributed by atoms with van der Waals surface area (Å²) in [6.45, 7) is 1.32. The van der Waals surface area contributed by atoms with Crippen LogP contribution < -0.4 is 15.4 Å². The molecule has 126 valence electrons. The van der Waals surface area contributed by atoms with Crippen LogP contribution in [0.25, 0.3) is 0 Å². The topological polar surface area (TPSA) is 70.6 Å². The summed E-state index contributed by atoms with van der Waals surface area (Å²) >= 11 is 0. The molecule has 0 unspecified atom stereocenters. The molecule has 1 aliphatic heterocycles. The number of hydrogen-bond acceptors (Lipinski definition) is 4. The minimum absolute atomic E-state index is 0.0125. The number of hydrogen-bond donors (Lipinski definition) is 3. The Hall–Kier alpha value is -2.37. The number of benzene rings is 2. The number of aliphatic hydroxyl groups excluding tert-OH is 1. The molecule has 3 rings (SSSR count). The second kappa shape index (κ2) is 7.95. The number of amides is 1. The summed E-state index contributed by atoms with van der Waals surface area (Å²) in [5.41, 5.74) is 3.38. The minimum Gasteiger partial charge on any atom is -0.491 e. The Bertz CT molecular complexity index is 703. The normalized spacial score (nSPS) is 16.3. The van der Waals surface area contributed by atoms with Gasteiger partial charge >= 0.3 is 0 Å². The van der Waals surface area contributed by atoms with E-state index in [9.17, 15) is 4.79 Å². The van der Waals surface area contributed by atoms with Crippen molar-refractivity contribution in [1.29, 1.82) is 0 Å². The lowest BCUT2D eigenvalue weighted by molar-refractivity contribution is -0.123. The van der Waals surface area contributed by atoms with Gasteiger partial charge in [0.05, 0.1) is 12.6 Å². The van der Waals surface area contributed by atoms with Crippen LogP contribution >= 0.6 is 0 Å². The smallest absolute Gasteiger partial charge is 0.237 e. The van der Waals surface area contributed by atoms with Gasteiger partial charge in [0, 0.05) is 18.7 Å². The van der Waals surface area contributed by atoms with Gasteiger partial charge in [-0.05, 0) is 23.6 Å². The van der Waals surface area contributed by atoms with E-state index in [0.717, 1.165) is 5.56 Å². The number of aliphatic hydroxyl groups is 1. The van der Waals surface area contributed by atoms with Crippen LogP contribution in [-0.2, 0) is 24.3 Å². The van der Waals surface area contributed by atoms with Crippen LogP contribution in [0.15, 0.2) is 48.5 Å². The van der Waals surface area contributed by atoms with Crippen LogP contribution in [0, 0.1) is 0 Å². The molecule has 1 amide bonds. The molecule has 0 saturated carbocycles. The van der Waals surface area contributed by atoms with Gasteiger partial charge < -0.3 is 20.5 Å². The predicted molar refractivity (Wildman–Crippen MR) is 91.6 cm³/mol. The molecule has 0 radical (unpaired) electrons. The number of para-hydroxylation sites is 1. The lowest BCUT2D eigenvalue weighted by Gasteiger charge is -2.25. The van der Waals surface area contributed by atoms with E-state index in [-0.39, 0.29) is 25.2 Å². The fraction of sp³-hybridized carbons (Fsp3) is 0.316. The summed E-state index contributed by atoms with van der Waals surface area (Å²) < 4.78 is 5.49. The van der Waals surface area contributed by atoms with Gasteiger partial charge in [-0.1, -0.05) is 42.5 Å². The van der Waals surface area contributed by atoms with Crippen LogP contribution in [0.2, 0.25) is 0 Å². The van der Waals surface area contributed by atoms with Crippen molar-refractivity contribution >= 4 is 5.91 Å². The minimum atomic E-state index is -0.217. The molecule has 5 nitrogen and oxygen atoms in total. The number of nitrogens with one attached hydrogen (secondary N) is 2. The summed E-state index contributed by atoms with van der Waals surface area (Å²) in [4.78, 5) is 12.5. The highest BCUT2D eigenvalue weighted by molar-refractivity contribution is 5.82. The zero-order chi connectivity index (χ0) is 16.8. The predicted octanol–water partition coefficient (Wildman–Crippen LogP) is 1.39. The standard InChI is InChI=1S/C19H22N2O3/c22-9-10-24-18-8-4-3-7-16(18)13-21-19(23)17-11-14-5-1-2-6-15(14)12-20-17/h1-8,17,20,22H,9-13H2,(H,21,23)/t17-/m0/s1. The quantitative estimate of drug-likeness (QED) is 0.750. The van der Waals surface area contributed by atoms with Crippen molar-refractivity contribution in [3.8, 4) is 5.75 Å². The first-order valence-electron chi connectivity index (χ1n) is 8.17. The van der Waals surface area contributed by atoms with E-state index in [1.165, 1.54) is 11.1 Å². The molecular formula is C19H22N2O3. The molecule has 2 aromatic carbocycles. The van der Waals surface area contributed by atoms with Crippen molar-refractivity contribution in [1.82, 2.24) is 10.6 Å². The van der Waals surface area contributed by atoms with Crippen molar-refractivity contribution in [2.75, 3.05) is 13.2 Å². The van der Waals surface area contributed by atoms with Crippen molar-refractivity contribution < 1.29 is 14.6 Å². The second-order valence-corrected chi connectivity index (χ2v) is 5.80. The van der Waals surface area contributed by atoms with Crippen LogP contribution in [0.1, 0.15) is 16.7 Å². The van der Waals surface area contributed by atoms with Crippen molar-refractivity contribution in [3.05, 3.63) is 65.2 Å². The average Bonchev–Trinajstić information content (AvgIpc) is 2.64. The first-order chi connectivity index (χ1) is 11.8. The molecule has 0 saturated heterocycles. The molecule has 2 aromatic rings. The highest BCUT2D eigenvalue weighted by Crippen LogP contribution is 2.19. The number of carbonyl (C=O) groups excluding carboxylic acids is 1. The summed E-state index contributed by atoms with van der Waals surface area (Å²) in [6, 6.07) is 15.5. The van der Waals surface area contributed by atoms with Gasteiger partial charge in [-0.25, -0.2) is 0 Å². The van der Waals surface area contributed by atoms with Crippen LogP contribution in [0.3, 0.4) is 0 Å². The molecule has 0 spiro atoms. The molecule has 0 aromatic heterocycles. The van der Waals surface area contributed by atoms with Crippen molar-refractivity contribution in [2.45, 2.75) is 25.6 Å². The first-order valence-corrected chi connectivity index (χ1v) is 8.17. The fourth-order valence-corrected chi connectivity index (χ4v) is 2.89. The third kappa shape index (κ3) is 3.93. The third-order valence-corrected chi connectivity index (χ3v) is 4.17. The van der Waals surface area contributed by atoms with E-state index in [4.69, 9.17) is 9.84 Å². The Kier molecular flexibility index (Phi) is 5.46. The monoisotopic (exact) mass is 326 g/mol. The first kappa shape index (κ1) is 16.5. The maximum Gasteiger partial charge on any atom is 0.237 e. The maximum atomic E-state index is 12.5. The molecule has 0 bridgehead atoms. The van der Waals surface area contributed by atoms with Crippen molar-refractivity contribution in [2.24, 2.45) is 0 Å². The molecule has 0 aliphatic carbocycles. The van der Waals surface area contributed by atoms with Crippen LogP contribution in [0.4, 0.5) is 0 Å². The Morgan fingerprint density at radius 3 is 2.75 bits per heavy atom. The van der Waals surface area contributed by atoms with E-state index >= 15 is 0 Å². The number of rotatable bonds is 6. The Balaban J connectivity index is 1.59. The van der Waals surface area contributed by atoms with Crippen LogP contribution in [0.5, 0.6) is 5.75 Å². The van der Waals surface area contributed by atoms with E-state index in [2.05, 4.69) is 22.8 Å². The molecule has 0 fully saturated rings. The molecule has 24 heavy (non-hydrogen) atoms. The Morgan fingerprint density at radius 1 is 1.17 bits per heavy atom. The van der Waals surface area contributed by atoms with E-state index in [1.54, 1.807) is 0 Å². The molecular weight excluding hydrogens is 304 g/mol. The Labute approximate surface area is 141 Å². The van der Waals surface area contributed by atoms with Crippen molar-refractivity contribution in [3.63, 3.8) is 0 Å². The summed E-state index contributed by atoms with van der Waals surface area (Å²) in [5, 5.41) is 15.1. The third-order valence-electron chi connectivity index (χ3n) is 4.17. The average molecular weight is 326 g/mol. The SMILES string of the molecule is O=C(NCc1ccccc1OCCO)[C@@H]1Cc2ccccc2CN1. The lowest BCUT2D eigenvalue weighted by atomic mass is 9.95. The molecule has 1 atom stereocenters. The summed E-state index contributed by atoms with van der Waals surface area (Å²) in [5.74, 6) is 0.676. The van der Waals surface area contributed by atoms with E-state index < -0.39 is 0 Å². The van der Waals surface area contributed by atoms with E-state index in [1.807, 2.05) is 36.4 Å². The zero-order valence-corrected chi connectivity index (χ0v) is 13.5. The van der Waals surface area contributed by atoms with Gasteiger partial charge in [-0.2, -0.15) is 0 Å². The molecule has 5 heteroatoms. The summed E-state index contributed by atoms with van der Waals surface area (Å²) in [7, 11) is 0. The fourth-order valence-electron chi connectivity index (χ4n) is 2.89. The van der Waals surface area contributed by atoms with Crippen LogP contribution in [-0.4, -0.2) is 30.3 Å². The van der Waals surface area contributed by atoms with E-state index in [0.29, 0.717) is 25.3 Å². The van der Waals surface area contributed by atoms with Gasteiger partial charge in [0.25, 0.3) is 0 Å². The maximum absolute atomic E-state index is 12.5. The van der Waals surface area contributed by atoms with Gasteiger partial charge in [-0.3, -0.25) is 4.79 Å². The lowest BCUT2D eigenvalue weighted by Crippen LogP contribution is -2.47. The number of fused-ring (bicyclic) bond motifs is 1. The Morgan fingerprint density at radius 2 is 1.92 bits per heavy atom. The molecule has 1 aliphatic rings. The second-order valence-electron chi connectivity index (χ2n) is 5.80. The number of carbonyl (C=O) groups is 1. The highest BCUT2D eigenvalue weighted by Gasteiger charge is 2.23. The number of ether oxygens (including phenoxy) is 1. The summed E-state index contributed by atoms with van der Waals surface area (Å²) in [6.07, 6.45) is 0.699. The highest BCUT2D eigenvalue weighted by atomic mass is 16.5. The molecule has 3 N–H and O–H groups in total. The molecule has 1 heterocycles. The van der Waals surface area contributed by atoms with Gasteiger partial charge in [0.1, 0.15) is 12.4 Å². The van der Waals surface area contributed by atoms with Gasteiger partial charge in [0.2, 0.25) is 5.91 Å². The largest absolute Gasteiger partial charge is 0.491 e. The van der Waals surface area contributed by atoms with Gasteiger partial charge in [0.15, 0.2) is 0 Å². The zero-order valence-electron chi connectivity index (χ0n) is 13.5. The van der Waals surface area contributed by atoms with Gasteiger partial charge in [-0.15, -0.1) is 0 Å².